The average Bonchev–Trinajstić information content (AvgIpc) is 3.19. The first-order valence-electron chi connectivity index (χ1n) is 9.29. The third-order valence-corrected chi connectivity index (χ3v) is 6.74. The fourth-order valence-corrected chi connectivity index (χ4v) is 5.01. The number of carbonyl (C=O) groups is 1. The topological polar surface area (TPSA) is 59.4 Å². The van der Waals surface area contributed by atoms with Gasteiger partial charge in [0.05, 0.1) is 17.3 Å². The van der Waals surface area contributed by atoms with Crippen LogP contribution in [0, 0.1) is 0 Å². The van der Waals surface area contributed by atoms with E-state index >= 15 is 0 Å². The number of phenols is 1. The summed E-state index contributed by atoms with van der Waals surface area (Å²) in [6.45, 7) is 0. The number of nitrogens with zero attached hydrogens (tertiary/aromatic N) is 1. The molecule has 0 unspecified atom stereocenters. The van der Waals surface area contributed by atoms with E-state index in [0.717, 1.165) is 32.5 Å². The first-order chi connectivity index (χ1) is 14.6. The van der Waals surface area contributed by atoms with Gasteiger partial charge in [-0.1, -0.05) is 36.0 Å². The van der Waals surface area contributed by atoms with Crippen LogP contribution in [0.4, 0.5) is 0 Å². The van der Waals surface area contributed by atoms with Crippen LogP contribution in [0.15, 0.2) is 77.1 Å². The van der Waals surface area contributed by atoms with Crippen LogP contribution in [-0.4, -0.2) is 23.0 Å². The highest BCUT2D eigenvalue weighted by atomic mass is 32.2. The summed E-state index contributed by atoms with van der Waals surface area (Å²) in [6.07, 6.45) is 3.33. The molecule has 3 aromatic carbocycles. The molecule has 0 bridgehead atoms. The van der Waals surface area contributed by atoms with Gasteiger partial charge in [-0.05, 0) is 60.2 Å². The largest absolute Gasteiger partial charge is 0.508 e. The normalized spacial score (nSPS) is 11.2. The van der Waals surface area contributed by atoms with E-state index in [1.165, 1.54) is 16.8 Å². The molecule has 0 radical (unpaired) electrons. The number of thioether (sulfide) groups is 1. The second-order valence-electron chi connectivity index (χ2n) is 6.55. The first kappa shape index (κ1) is 20.2. The lowest BCUT2D eigenvalue weighted by atomic mass is 10.1. The molecule has 4 nitrogen and oxygen atoms in total. The zero-order valence-corrected chi connectivity index (χ0v) is 17.9. The molecule has 0 amide bonds. The van der Waals surface area contributed by atoms with Crippen molar-refractivity contribution in [2.24, 2.45) is 0 Å². The van der Waals surface area contributed by atoms with Gasteiger partial charge in [0.15, 0.2) is 10.1 Å². The summed E-state index contributed by atoms with van der Waals surface area (Å²) in [6, 6.07) is 20.2. The van der Waals surface area contributed by atoms with Crippen LogP contribution in [0.25, 0.3) is 16.3 Å². The molecule has 0 saturated heterocycles. The molecule has 0 saturated carbocycles. The van der Waals surface area contributed by atoms with Gasteiger partial charge in [-0.25, -0.2) is 4.98 Å². The number of benzene rings is 3. The molecule has 0 aliphatic carbocycles. The highest BCUT2D eigenvalue weighted by molar-refractivity contribution is 8.00. The monoisotopic (exact) mass is 433 g/mol. The molecule has 0 fully saturated rings. The van der Waals surface area contributed by atoms with Crippen molar-refractivity contribution < 1.29 is 14.6 Å². The Morgan fingerprint density at radius 1 is 1.13 bits per heavy atom. The summed E-state index contributed by atoms with van der Waals surface area (Å²) in [5.74, 6) is 1.55. The summed E-state index contributed by atoms with van der Waals surface area (Å²) >= 11 is 3.35. The van der Waals surface area contributed by atoms with Crippen molar-refractivity contribution in [1.29, 1.82) is 0 Å². The zero-order valence-electron chi connectivity index (χ0n) is 16.2. The van der Waals surface area contributed by atoms with Gasteiger partial charge in [0.2, 0.25) is 0 Å². The minimum atomic E-state index is -0.115. The van der Waals surface area contributed by atoms with Crippen LogP contribution < -0.4 is 4.74 Å². The number of fused-ring (bicyclic) bond motifs is 1. The Labute approximate surface area is 182 Å². The van der Waals surface area contributed by atoms with Gasteiger partial charge < -0.3 is 9.84 Å². The van der Waals surface area contributed by atoms with Gasteiger partial charge in [0.1, 0.15) is 11.5 Å². The summed E-state index contributed by atoms with van der Waals surface area (Å²) < 4.78 is 7.70. The Morgan fingerprint density at radius 3 is 2.70 bits per heavy atom. The third kappa shape index (κ3) is 4.72. The minimum Gasteiger partial charge on any atom is -0.508 e. The average molecular weight is 434 g/mol. The molecule has 1 heterocycles. The molecule has 0 spiro atoms. The quantitative estimate of drug-likeness (QED) is 0.214. The Kier molecular flexibility index (Phi) is 6.16. The molecule has 30 heavy (non-hydrogen) atoms. The predicted octanol–water partition coefficient (Wildman–Crippen LogP) is 6.20. The second kappa shape index (κ2) is 9.15. The maximum absolute atomic E-state index is 12.3. The molecule has 1 N–H and O–H groups in total. The predicted molar refractivity (Wildman–Crippen MR) is 124 cm³/mol. The lowest BCUT2D eigenvalue weighted by molar-refractivity contribution is 0.104. The zero-order chi connectivity index (χ0) is 20.9. The SMILES string of the molecule is COc1ccc(/C=C\C(=O)c2ccc(O)cc2)cc1CSc1nc2ccccc2s1. The van der Waals surface area contributed by atoms with E-state index < -0.39 is 0 Å². The molecule has 6 heteroatoms. The fraction of sp³-hybridized carbons (Fsp3) is 0.0833. The van der Waals surface area contributed by atoms with Crippen molar-refractivity contribution in [1.82, 2.24) is 4.98 Å². The Bertz CT molecular complexity index is 1180. The molecule has 4 rings (SSSR count). The van der Waals surface area contributed by atoms with Gasteiger partial charge in [-0.2, -0.15) is 0 Å². The number of thiazole rings is 1. The van der Waals surface area contributed by atoms with E-state index in [2.05, 4.69) is 11.1 Å². The van der Waals surface area contributed by atoms with E-state index in [9.17, 15) is 9.90 Å². The number of methoxy groups -OCH3 is 1. The first-order valence-corrected chi connectivity index (χ1v) is 11.1. The van der Waals surface area contributed by atoms with Crippen LogP contribution in [0.2, 0.25) is 0 Å². The number of hydrogen-bond acceptors (Lipinski definition) is 6. The number of para-hydroxylation sites is 1. The van der Waals surface area contributed by atoms with Crippen molar-refractivity contribution in [3.8, 4) is 11.5 Å². The van der Waals surface area contributed by atoms with Crippen LogP contribution in [0.1, 0.15) is 21.5 Å². The summed E-state index contributed by atoms with van der Waals surface area (Å²) in [7, 11) is 1.66. The van der Waals surface area contributed by atoms with E-state index in [-0.39, 0.29) is 11.5 Å². The Hall–Kier alpha value is -3.09. The molecule has 4 aromatic rings. The van der Waals surface area contributed by atoms with Crippen molar-refractivity contribution in [3.63, 3.8) is 0 Å². The highest BCUT2D eigenvalue weighted by Crippen LogP contribution is 2.34. The number of carbonyl (C=O) groups excluding carboxylic acids is 1. The van der Waals surface area contributed by atoms with Gasteiger partial charge in [-0.3, -0.25) is 4.79 Å². The van der Waals surface area contributed by atoms with E-state index in [1.807, 2.05) is 36.4 Å². The van der Waals surface area contributed by atoms with Crippen LogP contribution in [0.3, 0.4) is 0 Å². The maximum atomic E-state index is 12.3. The summed E-state index contributed by atoms with van der Waals surface area (Å²) in [5.41, 5.74) is 3.51. The van der Waals surface area contributed by atoms with Gasteiger partial charge >= 0.3 is 0 Å². The van der Waals surface area contributed by atoms with Crippen molar-refractivity contribution in [3.05, 3.63) is 89.5 Å². The lowest BCUT2D eigenvalue weighted by Gasteiger charge is -2.08. The fourth-order valence-electron chi connectivity index (χ4n) is 2.96. The van der Waals surface area contributed by atoms with Crippen LogP contribution in [0.5, 0.6) is 11.5 Å². The number of allylic oxidation sites excluding steroid dienone is 1. The van der Waals surface area contributed by atoms with Gasteiger partial charge in [0, 0.05) is 16.9 Å². The van der Waals surface area contributed by atoms with Crippen molar-refractivity contribution in [2.75, 3.05) is 7.11 Å². The third-order valence-electron chi connectivity index (χ3n) is 4.51. The number of phenolic OH excluding ortho intramolecular Hbond substituents is 1. The van der Waals surface area contributed by atoms with Crippen LogP contribution >= 0.6 is 23.1 Å². The maximum Gasteiger partial charge on any atom is 0.185 e. The minimum absolute atomic E-state index is 0.115. The van der Waals surface area contributed by atoms with Gasteiger partial charge in [0.25, 0.3) is 0 Å². The van der Waals surface area contributed by atoms with Crippen molar-refractivity contribution in [2.45, 2.75) is 10.1 Å². The number of rotatable bonds is 7. The molecule has 1 aromatic heterocycles. The van der Waals surface area contributed by atoms with Crippen molar-refractivity contribution >= 4 is 45.2 Å². The number of ether oxygens (including phenoxy) is 1. The number of aromatic nitrogens is 1. The van der Waals surface area contributed by atoms with E-state index in [0.29, 0.717) is 5.56 Å². The standard InChI is InChI=1S/C24H19NO3S2/c1-28-22-13-7-16(6-12-21(27)17-8-10-19(26)11-9-17)14-18(22)15-29-24-25-20-4-2-3-5-23(20)30-24/h2-14,26H,15H2,1H3/b12-6-. The highest BCUT2D eigenvalue weighted by Gasteiger charge is 2.09. The Morgan fingerprint density at radius 2 is 1.93 bits per heavy atom. The smallest absolute Gasteiger partial charge is 0.185 e. The molecular weight excluding hydrogens is 414 g/mol. The molecule has 0 atom stereocenters. The lowest BCUT2D eigenvalue weighted by Crippen LogP contribution is -1.94. The Balaban J connectivity index is 1.49. The number of ketones is 1. The number of aromatic hydroxyl groups is 1. The van der Waals surface area contributed by atoms with Gasteiger partial charge in [-0.15, -0.1) is 11.3 Å². The molecule has 0 aliphatic rings. The molecular formula is C24H19NO3S2. The molecule has 150 valence electrons. The second-order valence-corrected chi connectivity index (χ2v) is 8.81. The van der Waals surface area contributed by atoms with E-state index in [4.69, 9.17) is 4.74 Å². The summed E-state index contributed by atoms with van der Waals surface area (Å²) in [5, 5.41) is 9.35. The van der Waals surface area contributed by atoms with Crippen LogP contribution in [-0.2, 0) is 5.75 Å². The molecule has 0 aliphatic heterocycles. The summed E-state index contributed by atoms with van der Waals surface area (Å²) in [4.78, 5) is 17.0. The van der Waals surface area contributed by atoms with E-state index in [1.54, 1.807) is 54.5 Å². The number of hydrogen-bond donors (Lipinski definition) is 1.